The third-order valence-electron chi connectivity index (χ3n) is 3.61. The summed E-state index contributed by atoms with van der Waals surface area (Å²) in [6.45, 7) is 7.84. The van der Waals surface area contributed by atoms with E-state index in [1.165, 1.54) is 17.3 Å². The number of nitrogens with one attached hydrogen (secondary N) is 1. The minimum atomic E-state index is -0.183. The summed E-state index contributed by atoms with van der Waals surface area (Å²) < 4.78 is 13.1. The highest BCUT2D eigenvalue weighted by Gasteiger charge is 2.01. The summed E-state index contributed by atoms with van der Waals surface area (Å²) in [5.74, 6) is -0.183. The third-order valence-corrected chi connectivity index (χ3v) is 3.61. The number of halogens is 1. The lowest BCUT2D eigenvalue weighted by Gasteiger charge is -2.21. The number of anilines is 1. The zero-order chi connectivity index (χ0) is 15.1. The molecule has 0 aliphatic rings. The van der Waals surface area contributed by atoms with Gasteiger partial charge in [-0.15, -0.1) is 0 Å². The first-order valence-corrected chi connectivity index (χ1v) is 7.52. The standard InChI is InChI=1S/C18H23FN2/c1-3-21(4-2)18-10-8-15(9-11-18)13-20-14-16-6-5-7-17(19)12-16/h5-12,20H,3-4,13-14H2,1-2H3. The summed E-state index contributed by atoms with van der Waals surface area (Å²) in [4.78, 5) is 2.32. The van der Waals surface area contributed by atoms with Crippen molar-refractivity contribution in [1.82, 2.24) is 5.32 Å². The molecule has 0 aromatic heterocycles. The maximum absolute atomic E-state index is 13.1. The van der Waals surface area contributed by atoms with Crippen LogP contribution in [0.5, 0.6) is 0 Å². The molecule has 0 heterocycles. The largest absolute Gasteiger partial charge is 0.372 e. The summed E-state index contributed by atoms with van der Waals surface area (Å²) in [7, 11) is 0. The summed E-state index contributed by atoms with van der Waals surface area (Å²) in [6.07, 6.45) is 0. The second-order valence-corrected chi connectivity index (χ2v) is 5.07. The van der Waals surface area contributed by atoms with Gasteiger partial charge in [-0.25, -0.2) is 4.39 Å². The molecule has 2 aromatic rings. The molecule has 3 heteroatoms. The molecule has 2 rings (SSSR count). The van der Waals surface area contributed by atoms with Crippen LogP contribution in [0.1, 0.15) is 25.0 Å². The molecule has 0 saturated heterocycles. The molecule has 112 valence electrons. The first kappa shape index (κ1) is 15.5. The van der Waals surface area contributed by atoms with Gasteiger partial charge in [0.2, 0.25) is 0 Å². The number of hydrogen-bond acceptors (Lipinski definition) is 2. The smallest absolute Gasteiger partial charge is 0.123 e. The van der Waals surface area contributed by atoms with Crippen molar-refractivity contribution in [3.8, 4) is 0 Å². The third kappa shape index (κ3) is 4.57. The van der Waals surface area contributed by atoms with Crippen LogP contribution in [0.2, 0.25) is 0 Å². The summed E-state index contributed by atoms with van der Waals surface area (Å²) >= 11 is 0. The Hall–Kier alpha value is -1.87. The molecule has 0 unspecified atom stereocenters. The van der Waals surface area contributed by atoms with Crippen molar-refractivity contribution in [2.75, 3.05) is 18.0 Å². The molecule has 0 fully saturated rings. The van der Waals surface area contributed by atoms with Crippen molar-refractivity contribution in [3.05, 3.63) is 65.5 Å². The Bertz CT molecular complexity index is 547. The van der Waals surface area contributed by atoms with E-state index in [1.807, 2.05) is 6.07 Å². The van der Waals surface area contributed by atoms with E-state index in [9.17, 15) is 4.39 Å². The van der Waals surface area contributed by atoms with Gasteiger partial charge in [0.05, 0.1) is 0 Å². The molecule has 2 nitrogen and oxygen atoms in total. The molecule has 0 aliphatic heterocycles. The van der Waals surface area contributed by atoms with Gasteiger partial charge in [-0.3, -0.25) is 0 Å². The fourth-order valence-electron chi connectivity index (χ4n) is 2.41. The molecule has 0 spiro atoms. The number of benzene rings is 2. The van der Waals surface area contributed by atoms with Crippen LogP contribution in [-0.2, 0) is 13.1 Å². The highest BCUT2D eigenvalue weighted by molar-refractivity contribution is 5.47. The van der Waals surface area contributed by atoms with Crippen LogP contribution in [0.4, 0.5) is 10.1 Å². The van der Waals surface area contributed by atoms with Crippen LogP contribution in [0.25, 0.3) is 0 Å². The first-order valence-electron chi connectivity index (χ1n) is 7.52. The molecule has 0 bridgehead atoms. The Kier molecular flexibility index (Phi) is 5.76. The molecule has 0 radical (unpaired) electrons. The zero-order valence-corrected chi connectivity index (χ0v) is 12.8. The molecule has 1 N–H and O–H groups in total. The number of rotatable bonds is 7. The second kappa shape index (κ2) is 7.79. The SMILES string of the molecule is CCN(CC)c1ccc(CNCc2cccc(F)c2)cc1. The van der Waals surface area contributed by atoms with E-state index in [-0.39, 0.29) is 5.82 Å². The minimum Gasteiger partial charge on any atom is -0.372 e. The van der Waals surface area contributed by atoms with E-state index in [4.69, 9.17) is 0 Å². The predicted octanol–water partition coefficient (Wildman–Crippen LogP) is 3.96. The van der Waals surface area contributed by atoms with Crippen LogP contribution in [0.3, 0.4) is 0 Å². The lowest BCUT2D eigenvalue weighted by molar-refractivity contribution is 0.620. The van der Waals surface area contributed by atoms with Crippen LogP contribution in [-0.4, -0.2) is 13.1 Å². The minimum absolute atomic E-state index is 0.183. The van der Waals surface area contributed by atoms with E-state index in [0.717, 1.165) is 25.2 Å². The number of hydrogen-bond donors (Lipinski definition) is 1. The Morgan fingerprint density at radius 2 is 1.57 bits per heavy atom. The van der Waals surface area contributed by atoms with Gasteiger partial charge in [0.15, 0.2) is 0 Å². The molecule has 0 saturated carbocycles. The van der Waals surface area contributed by atoms with E-state index in [1.54, 1.807) is 12.1 Å². The van der Waals surface area contributed by atoms with Crippen molar-refractivity contribution in [2.45, 2.75) is 26.9 Å². The summed E-state index contributed by atoms with van der Waals surface area (Å²) in [6, 6.07) is 15.3. The van der Waals surface area contributed by atoms with Gasteiger partial charge in [0, 0.05) is 31.9 Å². The van der Waals surface area contributed by atoms with Crippen molar-refractivity contribution < 1.29 is 4.39 Å². The Morgan fingerprint density at radius 1 is 0.905 bits per heavy atom. The van der Waals surface area contributed by atoms with Gasteiger partial charge in [-0.2, -0.15) is 0 Å². The van der Waals surface area contributed by atoms with Crippen molar-refractivity contribution in [1.29, 1.82) is 0 Å². The van der Waals surface area contributed by atoms with Crippen LogP contribution >= 0.6 is 0 Å². The van der Waals surface area contributed by atoms with E-state index < -0.39 is 0 Å². The van der Waals surface area contributed by atoms with Crippen LogP contribution in [0, 0.1) is 5.82 Å². The molecule has 21 heavy (non-hydrogen) atoms. The Morgan fingerprint density at radius 3 is 2.19 bits per heavy atom. The molecule has 2 aromatic carbocycles. The molecular formula is C18H23FN2. The van der Waals surface area contributed by atoms with Gasteiger partial charge in [0.1, 0.15) is 5.82 Å². The maximum atomic E-state index is 13.1. The van der Waals surface area contributed by atoms with Gasteiger partial charge in [-0.05, 0) is 49.2 Å². The van der Waals surface area contributed by atoms with Crippen LogP contribution < -0.4 is 10.2 Å². The summed E-state index contributed by atoms with van der Waals surface area (Å²) in [5.41, 5.74) is 3.46. The first-order chi connectivity index (χ1) is 10.2. The highest BCUT2D eigenvalue weighted by Crippen LogP contribution is 2.15. The van der Waals surface area contributed by atoms with E-state index in [0.29, 0.717) is 6.54 Å². The van der Waals surface area contributed by atoms with Gasteiger partial charge in [0.25, 0.3) is 0 Å². The molecule has 0 atom stereocenters. The normalized spacial score (nSPS) is 10.6. The topological polar surface area (TPSA) is 15.3 Å². The van der Waals surface area contributed by atoms with Crippen LogP contribution in [0.15, 0.2) is 48.5 Å². The average Bonchev–Trinajstić information content (AvgIpc) is 2.50. The van der Waals surface area contributed by atoms with Gasteiger partial charge >= 0.3 is 0 Å². The quantitative estimate of drug-likeness (QED) is 0.828. The fourth-order valence-corrected chi connectivity index (χ4v) is 2.41. The van der Waals surface area contributed by atoms with Gasteiger partial charge < -0.3 is 10.2 Å². The summed E-state index contributed by atoms with van der Waals surface area (Å²) in [5, 5.41) is 3.34. The lowest BCUT2D eigenvalue weighted by atomic mass is 10.1. The van der Waals surface area contributed by atoms with E-state index >= 15 is 0 Å². The Labute approximate surface area is 126 Å². The Balaban J connectivity index is 1.86. The molecule has 0 aliphatic carbocycles. The number of nitrogens with zero attached hydrogens (tertiary/aromatic N) is 1. The maximum Gasteiger partial charge on any atom is 0.123 e. The van der Waals surface area contributed by atoms with E-state index in [2.05, 4.69) is 48.3 Å². The van der Waals surface area contributed by atoms with Crippen molar-refractivity contribution in [3.63, 3.8) is 0 Å². The molecular weight excluding hydrogens is 263 g/mol. The predicted molar refractivity (Wildman–Crippen MR) is 86.9 cm³/mol. The highest BCUT2D eigenvalue weighted by atomic mass is 19.1. The fraction of sp³-hybridized carbons (Fsp3) is 0.333. The second-order valence-electron chi connectivity index (χ2n) is 5.07. The zero-order valence-electron chi connectivity index (χ0n) is 12.8. The lowest BCUT2D eigenvalue weighted by Crippen LogP contribution is -2.21. The molecule has 0 amide bonds. The average molecular weight is 286 g/mol. The monoisotopic (exact) mass is 286 g/mol. The van der Waals surface area contributed by atoms with Crippen molar-refractivity contribution >= 4 is 5.69 Å². The van der Waals surface area contributed by atoms with Gasteiger partial charge in [-0.1, -0.05) is 24.3 Å². The van der Waals surface area contributed by atoms with Crippen molar-refractivity contribution in [2.24, 2.45) is 0 Å².